The summed E-state index contributed by atoms with van der Waals surface area (Å²) in [5.41, 5.74) is 3.45. The maximum atomic E-state index is 13.0. The molecule has 0 saturated heterocycles. The predicted molar refractivity (Wildman–Crippen MR) is 114 cm³/mol. The van der Waals surface area contributed by atoms with Crippen LogP contribution in [0.4, 0.5) is 0 Å². The van der Waals surface area contributed by atoms with Gasteiger partial charge in [-0.15, -0.1) is 0 Å². The van der Waals surface area contributed by atoms with Crippen molar-refractivity contribution in [2.45, 2.75) is 26.0 Å². The van der Waals surface area contributed by atoms with E-state index in [0.717, 1.165) is 22.3 Å². The smallest absolute Gasteiger partial charge is 0.256 e. The fourth-order valence-corrected chi connectivity index (χ4v) is 3.23. The normalized spacial score (nSPS) is 12.6. The minimum Gasteiger partial charge on any atom is -0.361 e. The summed E-state index contributed by atoms with van der Waals surface area (Å²) in [7, 11) is 0. The highest BCUT2D eigenvalue weighted by molar-refractivity contribution is 5.86. The van der Waals surface area contributed by atoms with Crippen LogP contribution in [0.25, 0.3) is 11.1 Å². The number of amides is 1. The van der Waals surface area contributed by atoms with Crippen LogP contribution in [0.5, 0.6) is 0 Å². The van der Waals surface area contributed by atoms with Crippen LogP contribution in [-0.4, -0.2) is 12.5 Å². The van der Waals surface area contributed by atoms with Crippen molar-refractivity contribution < 1.29 is 9.53 Å². The summed E-state index contributed by atoms with van der Waals surface area (Å²) in [5.74, 6) is -0.198. The van der Waals surface area contributed by atoms with Crippen molar-refractivity contribution in [1.29, 1.82) is 5.26 Å². The van der Waals surface area contributed by atoms with E-state index >= 15 is 0 Å². The van der Waals surface area contributed by atoms with Gasteiger partial charge in [-0.25, -0.2) is 0 Å². The van der Waals surface area contributed by atoms with Gasteiger partial charge in [0.25, 0.3) is 5.91 Å². The molecule has 0 bridgehead atoms. The van der Waals surface area contributed by atoms with Crippen LogP contribution >= 0.6 is 0 Å². The Kier molecular flexibility index (Phi) is 6.43. The van der Waals surface area contributed by atoms with E-state index in [0.29, 0.717) is 18.7 Å². The zero-order chi connectivity index (χ0) is 20.7. The fourth-order valence-electron chi connectivity index (χ4n) is 3.23. The molecule has 4 nitrogen and oxygen atoms in total. The van der Waals surface area contributed by atoms with E-state index in [1.165, 1.54) is 0 Å². The molecule has 0 aliphatic heterocycles. The lowest BCUT2D eigenvalue weighted by Crippen LogP contribution is -2.44. The van der Waals surface area contributed by atoms with E-state index in [1.54, 1.807) is 19.1 Å². The molecule has 4 heteroatoms. The third kappa shape index (κ3) is 4.71. The van der Waals surface area contributed by atoms with Crippen molar-refractivity contribution in [3.63, 3.8) is 0 Å². The van der Waals surface area contributed by atoms with Crippen molar-refractivity contribution in [3.8, 4) is 17.2 Å². The molecule has 0 saturated carbocycles. The van der Waals surface area contributed by atoms with E-state index in [9.17, 15) is 4.79 Å². The second kappa shape index (κ2) is 9.18. The van der Waals surface area contributed by atoms with Gasteiger partial charge in [0.15, 0.2) is 5.60 Å². The molecule has 0 aliphatic carbocycles. The first kappa shape index (κ1) is 20.3. The van der Waals surface area contributed by atoms with E-state index in [-0.39, 0.29) is 5.91 Å². The van der Waals surface area contributed by atoms with Crippen LogP contribution in [0.1, 0.15) is 30.5 Å². The Hall–Kier alpha value is -3.42. The van der Waals surface area contributed by atoms with Gasteiger partial charge in [-0.3, -0.25) is 4.79 Å². The molecule has 3 aromatic rings. The molecule has 1 atom stereocenters. The lowest BCUT2D eigenvalue weighted by Gasteiger charge is -2.29. The number of carbonyl (C=O) groups excluding carboxylic acids is 1. The summed E-state index contributed by atoms with van der Waals surface area (Å²) >= 11 is 0. The van der Waals surface area contributed by atoms with Crippen LogP contribution in [0.3, 0.4) is 0 Å². The number of hydrogen-bond donors (Lipinski definition) is 1. The molecule has 3 aromatic carbocycles. The molecule has 0 spiro atoms. The van der Waals surface area contributed by atoms with Crippen LogP contribution in [0, 0.1) is 11.3 Å². The SMILES string of the molecule is CCOC(C)(C(=O)NCc1ccc(C#N)cc1)c1ccc(-c2ccccc2)cc1. The van der Waals surface area contributed by atoms with Gasteiger partial charge in [0.05, 0.1) is 11.6 Å². The number of carbonyl (C=O) groups is 1. The van der Waals surface area contributed by atoms with E-state index in [4.69, 9.17) is 10.00 Å². The van der Waals surface area contributed by atoms with Crippen molar-refractivity contribution in [3.05, 3.63) is 95.6 Å². The summed E-state index contributed by atoms with van der Waals surface area (Å²) in [4.78, 5) is 13.0. The molecule has 1 unspecified atom stereocenters. The van der Waals surface area contributed by atoms with Gasteiger partial charge in [0.2, 0.25) is 0 Å². The number of nitrogens with one attached hydrogen (secondary N) is 1. The third-order valence-electron chi connectivity index (χ3n) is 4.95. The summed E-state index contributed by atoms with van der Waals surface area (Å²) < 4.78 is 5.89. The van der Waals surface area contributed by atoms with Crippen LogP contribution in [-0.2, 0) is 21.7 Å². The largest absolute Gasteiger partial charge is 0.361 e. The number of benzene rings is 3. The number of rotatable bonds is 7. The van der Waals surface area contributed by atoms with Gasteiger partial charge in [0.1, 0.15) is 0 Å². The first-order valence-corrected chi connectivity index (χ1v) is 9.64. The zero-order valence-electron chi connectivity index (χ0n) is 16.7. The van der Waals surface area contributed by atoms with Crippen LogP contribution < -0.4 is 5.32 Å². The van der Waals surface area contributed by atoms with Gasteiger partial charge in [-0.1, -0.05) is 66.7 Å². The number of nitriles is 1. The lowest BCUT2D eigenvalue weighted by molar-refractivity contribution is -0.146. The Bertz CT molecular complexity index is 990. The average Bonchev–Trinajstić information content (AvgIpc) is 2.78. The molecule has 0 aromatic heterocycles. The maximum absolute atomic E-state index is 13.0. The molecule has 29 heavy (non-hydrogen) atoms. The molecule has 3 rings (SSSR count). The zero-order valence-corrected chi connectivity index (χ0v) is 16.7. The number of nitrogens with zero attached hydrogens (tertiary/aromatic N) is 1. The van der Waals surface area contributed by atoms with Gasteiger partial charge in [-0.05, 0) is 48.2 Å². The molecule has 1 amide bonds. The highest BCUT2D eigenvalue weighted by Gasteiger charge is 2.35. The summed E-state index contributed by atoms with van der Waals surface area (Å²) in [6, 6.07) is 27.3. The molecule has 1 N–H and O–H groups in total. The standard InChI is InChI=1S/C25H24N2O2/c1-3-29-25(2,24(28)27-18-20-11-9-19(17-26)10-12-20)23-15-13-22(14-16-23)21-7-5-4-6-8-21/h4-16H,3,18H2,1-2H3,(H,27,28). The van der Waals surface area contributed by atoms with Gasteiger partial charge >= 0.3 is 0 Å². The highest BCUT2D eigenvalue weighted by atomic mass is 16.5. The maximum Gasteiger partial charge on any atom is 0.256 e. The Morgan fingerprint density at radius 1 is 0.966 bits per heavy atom. The van der Waals surface area contributed by atoms with Crippen LogP contribution in [0.2, 0.25) is 0 Å². The second-order valence-electron chi connectivity index (χ2n) is 6.90. The number of hydrogen-bond acceptors (Lipinski definition) is 3. The molecule has 0 aliphatic rings. The summed E-state index contributed by atoms with van der Waals surface area (Å²) in [5, 5.41) is 11.9. The lowest BCUT2D eigenvalue weighted by atomic mass is 9.92. The topological polar surface area (TPSA) is 62.1 Å². The van der Waals surface area contributed by atoms with Gasteiger partial charge in [-0.2, -0.15) is 5.26 Å². The van der Waals surface area contributed by atoms with Crippen LogP contribution in [0.15, 0.2) is 78.9 Å². The Balaban J connectivity index is 1.76. The number of ether oxygens (including phenoxy) is 1. The average molecular weight is 384 g/mol. The van der Waals surface area contributed by atoms with Crippen molar-refractivity contribution in [1.82, 2.24) is 5.32 Å². The second-order valence-corrected chi connectivity index (χ2v) is 6.90. The first-order valence-electron chi connectivity index (χ1n) is 9.64. The van der Waals surface area contributed by atoms with E-state index in [1.807, 2.05) is 61.5 Å². The Labute approximate surface area is 171 Å². The molecule has 0 fully saturated rings. The summed E-state index contributed by atoms with van der Waals surface area (Å²) in [6.45, 7) is 4.46. The van der Waals surface area contributed by atoms with Crippen molar-refractivity contribution >= 4 is 5.91 Å². The van der Waals surface area contributed by atoms with E-state index < -0.39 is 5.60 Å². The molecule has 0 radical (unpaired) electrons. The molecule has 0 heterocycles. The van der Waals surface area contributed by atoms with Crippen molar-refractivity contribution in [2.24, 2.45) is 0 Å². The Morgan fingerprint density at radius 2 is 1.59 bits per heavy atom. The first-order chi connectivity index (χ1) is 14.1. The molecular weight excluding hydrogens is 360 g/mol. The van der Waals surface area contributed by atoms with E-state index in [2.05, 4.69) is 23.5 Å². The highest BCUT2D eigenvalue weighted by Crippen LogP contribution is 2.28. The Morgan fingerprint density at radius 3 is 2.17 bits per heavy atom. The fraction of sp³-hybridized carbons (Fsp3) is 0.200. The molecular formula is C25H24N2O2. The molecule has 146 valence electrons. The van der Waals surface area contributed by atoms with Gasteiger partial charge < -0.3 is 10.1 Å². The minimum absolute atomic E-state index is 0.198. The predicted octanol–water partition coefficient (Wildman–Crippen LogP) is 4.79. The monoisotopic (exact) mass is 384 g/mol. The minimum atomic E-state index is -1.09. The van der Waals surface area contributed by atoms with Gasteiger partial charge in [0, 0.05) is 13.2 Å². The quantitative estimate of drug-likeness (QED) is 0.637. The third-order valence-corrected chi connectivity index (χ3v) is 4.95. The summed E-state index contributed by atoms with van der Waals surface area (Å²) in [6.07, 6.45) is 0. The van der Waals surface area contributed by atoms with Crippen molar-refractivity contribution in [2.75, 3.05) is 6.61 Å².